The van der Waals surface area contributed by atoms with Crippen molar-refractivity contribution in [1.29, 1.82) is 0 Å². The van der Waals surface area contributed by atoms with E-state index in [9.17, 15) is 0 Å². The number of methoxy groups -OCH3 is 1. The molecule has 0 spiro atoms. The Balaban J connectivity index is 2.65. The quantitative estimate of drug-likeness (QED) is 0.736. The fourth-order valence-corrected chi connectivity index (χ4v) is 2.71. The Bertz CT molecular complexity index is 360. The molecule has 1 aromatic rings. The summed E-state index contributed by atoms with van der Waals surface area (Å²) in [5, 5.41) is 3.79. The summed E-state index contributed by atoms with van der Waals surface area (Å²) in [6.45, 7) is 11.4. The van der Waals surface area contributed by atoms with E-state index in [-0.39, 0.29) is 0 Å². The molecule has 0 aliphatic heterocycles. The van der Waals surface area contributed by atoms with E-state index in [1.807, 2.05) is 12.1 Å². The molecule has 1 atom stereocenters. The summed E-state index contributed by atoms with van der Waals surface area (Å²) in [6.07, 6.45) is 2.47. The van der Waals surface area contributed by atoms with Crippen molar-refractivity contribution in [1.82, 2.24) is 5.32 Å². The van der Waals surface area contributed by atoms with Crippen LogP contribution in [-0.2, 0) is 0 Å². The molecule has 2 nitrogen and oxygen atoms in total. The number of nitrogens with one attached hydrogen (secondary N) is 1. The highest BCUT2D eigenvalue weighted by atomic mass is 16.5. The molecule has 1 aromatic carbocycles. The van der Waals surface area contributed by atoms with Gasteiger partial charge in [-0.2, -0.15) is 0 Å². The van der Waals surface area contributed by atoms with Gasteiger partial charge in [0.05, 0.1) is 7.11 Å². The molecule has 1 N–H and O–H groups in total. The molecule has 1 rings (SSSR count). The van der Waals surface area contributed by atoms with Gasteiger partial charge >= 0.3 is 0 Å². The standard InChI is InChI=1S/C18H31NO/c1-13(2)11-17(12-14(3)4)19-15(5)16-7-9-18(20-6)10-8-16/h7-10,13-15,17,19H,11-12H2,1-6H3/t15-/m0/s1. The van der Waals surface area contributed by atoms with Gasteiger partial charge in [0.1, 0.15) is 5.75 Å². The lowest BCUT2D eigenvalue weighted by Gasteiger charge is -2.26. The van der Waals surface area contributed by atoms with Crippen molar-refractivity contribution < 1.29 is 4.74 Å². The van der Waals surface area contributed by atoms with Gasteiger partial charge in [-0.25, -0.2) is 0 Å². The lowest BCUT2D eigenvalue weighted by molar-refractivity contribution is 0.335. The first-order chi connectivity index (χ1) is 9.42. The van der Waals surface area contributed by atoms with Crippen molar-refractivity contribution in [3.63, 3.8) is 0 Å². The Morgan fingerprint density at radius 3 is 1.80 bits per heavy atom. The summed E-state index contributed by atoms with van der Waals surface area (Å²) in [7, 11) is 1.71. The molecule has 0 amide bonds. The summed E-state index contributed by atoms with van der Waals surface area (Å²) in [5.74, 6) is 2.38. The van der Waals surface area contributed by atoms with Crippen molar-refractivity contribution >= 4 is 0 Å². The molecule has 0 aliphatic carbocycles. The van der Waals surface area contributed by atoms with E-state index in [4.69, 9.17) is 4.74 Å². The molecular weight excluding hydrogens is 246 g/mol. The maximum Gasteiger partial charge on any atom is 0.118 e. The van der Waals surface area contributed by atoms with Gasteiger partial charge in [0.2, 0.25) is 0 Å². The van der Waals surface area contributed by atoms with Crippen molar-refractivity contribution in [2.45, 2.75) is 59.5 Å². The Morgan fingerprint density at radius 2 is 1.40 bits per heavy atom. The second-order valence-corrected chi connectivity index (χ2v) is 6.62. The van der Waals surface area contributed by atoms with Crippen molar-refractivity contribution in [2.75, 3.05) is 7.11 Å². The van der Waals surface area contributed by atoms with Crippen molar-refractivity contribution in [3.8, 4) is 5.75 Å². The van der Waals surface area contributed by atoms with Crippen LogP contribution in [0.5, 0.6) is 5.75 Å². The highest BCUT2D eigenvalue weighted by Crippen LogP contribution is 2.21. The smallest absolute Gasteiger partial charge is 0.118 e. The third-order valence-corrected chi connectivity index (χ3v) is 3.61. The van der Waals surface area contributed by atoms with Crippen molar-refractivity contribution in [2.24, 2.45) is 11.8 Å². The number of rotatable bonds is 8. The fourth-order valence-electron chi connectivity index (χ4n) is 2.71. The molecule has 0 bridgehead atoms. The van der Waals surface area contributed by atoms with Crippen LogP contribution in [0.25, 0.3) is 0 Å². The Kier molecular flexibility index (Phi) is 7.08. The average Bonchev–Trinajstić information content (AvgIpc) is 2.37. The van der Waals surface area contributed by atoms with Gasteiger partial charge in [-0.3, -0.25) is 0 Å². The van der Waals surface area contributed by atoms with Crippen LogP contribution in [0, 0.1) is 11.8 Å². The second-order valence-electron chi connectivity index (χ2n) is 6.62. The summed E-state index contributed by atoms with van der Waals surface area (Å²) in [6, 6.07) is 9.34. The predicted octanol–water partition coefficient (Wildman–Crippen LogP) is 4.81. The van der Waals surface area contributed by atoms with Gasteiger partial charge < -0.3 is 10.1 Å². The van der Waals surface area contributed by atoms with Crippen LogP contribution < -0.4 is 10.1 Å². The first-order valence-electron chi connectivity index (χ1n) is 7.82. The minimum absolute atomic E-state index is 0.378. The molecule has 20 heavy (non-hydrogen) atoms. The van der Waals surface area contributed by atoms with Crippen LogP contribution >= 0.6 is 0 Å². The predicted molar refractivity (Wildman–Crippen MR) is 87.2 cm³/mol. The van der Waals surface area contributed by atoms with E-state index in [1.165, 1.54) is 18.4 Å². The minimum Gasteiger partial charge on any atom is -0.497 e. The monoisotopic (exact) mass is 277 g/mol. The Labute approximate surface area is 124 Å². The number of hydrogen-bond acceptors (Lipinski definition) is 2. The molecular formula is C18H31NO. The number of benzene rings is 1. The SMILES string of the molecule is COc1ccc([C@H](C)NC(CC(C)C)CC(C)C)cc1. The van der Waals surface area contributed by atoms with E-state index < -0.39 is 0 Å². The van der Waals surface area contributed by atoms with Gasteiger partial charge in [0.15, 0.2) is 0 Å². The van der Waals surface area contributed by atoms with Gasteiger partial charge in [-0.15, -0.1) is 0 Å². The summed E-state index contributed by atoms with van der Waals surface area (Å²) < 4.78 is 5.21. The van der Waals surface area contributed by atoms with Gasteiger partial charge in [-0.05, 0) is 49.3 Å². The number of hydrogen-bond donors (Lipinski definition) is 1. The zero-order valence-corrected chi connectivity index (χ0v) is 13.9. The molecule has 0 fully saturated rings. The first kappa shape index (κ1) is 17.0. The van der Waals surface area contributed by atoms with Crippen LogP contribution in [0.4, 0.5) is 0 Å². The van der Waals surface area contributed by atoms with E-state index in [1.54, 1.807) is 7.11 Å². The highest BCUT2D eigenvalue weighted by molar-refractivity contribution is 5.28. The van der Waals surface area contributed by atoms with Crippen LogP contribution in [0.3, 0.4) is 0 Å². The minimum atomic E-state index is 0.378. The fraction of sp³-hybridized carbons (Fsp3) is 0.667. The first-order valence-corrected chi connectivity index (χ1v) is 7.82. The summed E-state index contributed by atoms with van der Waals surface area (Å²) in [4.78, 5) is 0. The molecule has 2 heteroatoms. The van der Waals surface area contributed by atoms with Crippen LogP contribution in [0.15, 0.2) is 24.3 Å². The van der Waals surface area contributed by atoms with Crippen LogP contribution in [0.2, 0.25) is 0 Å². The van der Waals surface area contributed by atoms with Gasteiger partial charge in [0.25, 0.3) is 0 Å². The van der Waals surface area contributed by atoms with Gasteiger partial charge in [0, 0.05) is 12.1 Å². The maximum absolute atomic E-state index is 5.21. The molecule has 0 heterocycles. The van der Waals surface area contributed by atoms with E-state index in [2.05, 4.69) is 52.1 Å². The molecule has 0 saturated heterocycles. The van der Waals surface area contributed by atoms with E-state index in [0.29, 0.717) is 12.1 Å². The molecule has 0 aliphatic rings. The third-order valence-electron chi connectivity index (χ3n) is 3.61. The molecule has 114 valence electrons. The molecule has 0 unspecified atom stereocenters. The highest BCUT2D eigenvalue weighted by Gasteiger charge is 2.16. The second kappa shape index (κ2) is 8.31. The van der Waals surface area contributed by atoms with E-state index in [0.717, 1.165) is 17.6 Å². The van der Waals surface area contributed by atoms with E-state index >= 15 is 0 Å². The lowest BCUT2D eigenvalue weighted by atomic mass is 9.94. The molecule has 0 aromatic heterocycles. The zero-order chi connectivity index (χ0) is 15.1. The number of ether oxygens (including phenoxy) is 1. The molecule has 0 radical (unpaired) electrons. The average molecular weight is 277 g/mol. The van der Waals surface area contributed by atoms with Gasteiger partial charge in [-0.1, -0.05) is 39.8 Å². The largest absolute Gasteiger partial charge is 0.497 e. The zero-order valence-electron chi connectivity index (χ0n) is 13.9. The summed E-state index contributed by atoms with van der Waals surface area (Å²) >= 11 is 0. The van der Waals surface area contributed by atoms with Crippen molar-refractivity contribution in [3.05, 3.63) is 29.8 Å². The van der Waals surface area contributed by atoms with Crippen LogP contribution in [0.1, 0.15) is 59.1 Å². The topological polar surface area (TPSA) is 21.3 Å². The Hall–Kier alpha value is -1.02. The third kappa shape index (κ3) is 5.96. The summed E-state index contributed by atoms with van der Waals surface area (Å²) in [5.41, 5.74) is 1.32. The maximum atomic E-state index is 5.21. The van der Waals surface area contributed by atoms with Crippen LogP contribution in [-0.4, -0.2) is 13.2 Å². The molecule has 0 saturated carbocycles. The normalized spacial score (nSPS) is 13.2. The Morgan fingerprint density at radius 1 is 0.900 bits per heavy atom. The lowest BCUT2D eigenvalue weighted by Crippen LogP contribution is -2.33.